The van der Waals surface area contributed by atoms with Gasteiger partial charge in [0.2, 0.25) is 0 Å². The molecular formula is C21H31N3O2S. The zero-order valence-corrected chi connectivity index (χ0v) is 17.1. The van der Waals surface area contributed by atoms with Crippen LogP contribution in [0.25, 0.3) is 0 Å². The smallest absolute Gasteiger partial charge is 0.191 e. The maximum atomic E-state index is 10.6. The zero-order chi connectivity index (χ0) is 19.4. The number of hydrogen-bond acceptors (Lipinski definition) is 4. The van der Waals surface area contributed by atoms with Crippen LogP contribution >= 0.6 is 11.3 Å². The molecule has 0 aliphatic heterocycles. The van der Waals surface area contributed by atoms with Crippen LogP contribution in [0.5, 0.6) is 0 Å². The van der Waals surface area contributed by atoms with E-state index in [1.165, 1.54) is 5.56 Å². The largest absolute Gasteiger partial charge is 0.383 e. The molecule has 0 aliphatic carbocycles. The van der Waals surface area contributed by atoms with Crippen molar-refractivity contribution in [1.29, 1.82) is 0 Å². The van der Waals surface area contributed by atoms with Crippen molar-refractivity contribution in [2.75, 3.05) is 26.2 Å². The molecule has 1 atom stereocenters. The lowest BCUT2D eigenvalue weighted by Gasteiger charge is -2.21. The molecule has 6 heteroatoms. The van der Waals surface area contributed by atoms with Crippen molar-refractivity contribution in [3.8, 4) is 0 Å². The predicted molar refractivity (Wildman–Crippen MR) is 113 cm³/mol. The molecule has 0 bridgehead atoms. The number of nitrogens with one attached hydrogen (secondary N) is 2. The number of hydrogen-bond donors (Lipinski definition) is 3. The highest BCUT2D eigenvalue weighted by Crippen LogP contribution is 2.23. The number of aliphatic imine (C=N–C) groups is 1. The summed E-state index contributed by atoms with van der Waals surface area (Å²) in [5.41, 5.74) is 1.16. The highest BCUT2D eigenvalue weighted by atomic mass is 32.1. The lowest BCUT2D eigenvalue weighted by Crippen LogP contribution is -2.39. The van der Waals surface area contributed by atoms with Gasteiger partial charge in [0.25, 0.3) is 0 Å². The summed E-state index contributed by atoms with van der Waals surface area (Å²) >= 11 is 1.58. The second-order valence-electron chi connectivity index (χ2n) is 6.65. The van der Waals surface area contributed by atoms with Gasteiger partial charge in [-0.2, -0.15) is 11.3 Å². The van der Waals surface area contributed by atoms with E-state index in [0.717, 1.165) is 44.1 Å². The molecule has 1 aromatic heterocycles. The van der Waals surface area contributed by atoms with Gasteiger partial charge in [-0.1, -0.05) is 30.3 Å². The van der Waals surface area contributed by atoms with Crippen molar-refractivity contribution >= 4 is 17.3 Å². The van der Waals surface area contributed by atoms with Crippen LogP contribution in [0.1, 0.15) is 37.8 Å². The average Bonchev–Trinajstić information content (AvgIpc) is 3.22. The van der Waals surface area contributed by atoms with E-state index >= 15 is 0 Å². The first-order valence-electron chi connectivity index (χ1n) is 9.50. The third kappa shape index (κ3) is 8.12. The summed E-state index contributed by atoms with van der Waals surface area (Å²) in [5, 5.41) is 21.1. The van der Waals surface area contributed by atoms with Crippen LogP contribution in [-0.4, -0.2) is 37.3 Å². The molecule has 2 rings (SSSR count). The molecule has 3 N–H and O–H groups in total. The fourth-order valence-electron chi connectivity index (χ4n) is 2.54. The Hall–Kier alpha value is -1.89. The number of unbranched alkanes of at least 4 members (excludes halogenated alkanes) is 1. The van der Waals surface area contributed by atoms with Gasteiger partial charge >= 0.3 is 0 Å². The molecule has 0 aliphatic rings. The van der Waals surface area contributed by atoms with Crippen molar-refractivity contribution < 1.29 is 9.84 Å². The highest BCUT2D eigenvalue weighted by molar-refractivity contribution is 7.08. The molecule has 1 heterocycles. The van der Waals surface area contributed by atoms with Crippen LogP contribution in [0.15, 0.2) is 52.2 Å². The van der Waals surface area contributed by atoms with Crippen molar-refractivity contribution in [3.63, 3.8) is 0 Å². The van der Waals surface area contributed by atoms with Gasteiger partial charge in [0.15, 0.2) is 5.96 Å². The number of guanidine groups is 1. The molecule has 0 amide bonds. The molecule has 0 saturated carbocycles. The molecule has 27 heavy (non-hydrogen) atoms. The Morgan fingerprint density at radius 1 is 1.19 bits per heavy atom. The van der Waals surface area contributed by atoms with Crippen LogP contribution in [0.4, 0.5) is 0 Å². The summed E-state index contributed by atoms with van der Waals surface area (Å²) in [6.07, 6.45) is 1.99. The summed E-state index contributed by atoms with van der Waals surface area (Å²) in [6, 6.07) is 12.2. The SMILES string of the molecule is CCNC(=NCC(C)(O)c1ccsc1)NCCCCOCc1ccccc1. The van der Waals surface area contributed by atoms with Gasteiger partial charge in [0.05, 0.1) is 13.2 Å². The minimum absolute atomic E-state index is 0.319. The fourth-order valence-corrected chi connectivity index (χ4v) is 3.32. The first kappa shape index (κ1) is 21.4. The first-order valence-corrected chi connectivity index (χ1v) is 10.4. The van der Waals surface area contributed by atoms with Crippen LogP contribution in [0.3, 0.4) is 0 Å². The Kier molecular flexibility index (Phi) is 9.31. The number of nitrogens with zero attached hydrogens (tertiary/aromatic N) is 1. The van der Waals surface area contributed by atoms with E-state index in [9.17, 15) is 5.11 Å². The predicted octanol–water partition coefficient (Wildman–Crippen LogP) is 3.51. The third-order valence-electron chi connectivity index (χ3n) is 4.15. The Bertz CT molecular complexity index is 657. The molecule has 2 aromatic rings. The summed E-state index contributed by atoms with van der Waals surface area (Å²) in [6.45, 7) is 7.16. The highest BCUT2D eigenvalue weighted by Gasteiger charge is 2.23. The van der Waals surface area contributed by atoms with Crippen LogP contribution in [0, 0.1) is 0 Å². The number of benzene rings is 1. The van der Waals surface area contributed by atoms with Crippen LogP contribution in [-0.2, 0) is 16.9 Å². The zero-order valence-electron chi connectivity index (χ0n) is 16.3. The number of aliphatic hydroxyl groups is 1. The summed E-state index contributed by atoms with van der Waals surface area (Å²) in [7, 11) is 0. The number of ether oxygens (including phenoxy) is 1. The van der Waals surface area contributed by atoms with Gasteiger partial charge in [-0.15, -0.1) is 0 Å². The Labute approximate surface area is 166 Å². The molecule has 148 valence electrons. The summed E-state index contributed by atoms with van der Waals surface area (Å²) < 4.78 is 5.70. The second kappa shape index (κ2) is 11.7. The van der Waals surface area contributed by atoms with Crippen LogP contribution in [0.2, 0.25) is 0 Å². The van der Waals surface area contributed by atoms with E-state index in [4.69, 9.17) is 4.74 Å². The van der Waals surface area contributed by atoms with Gasteiger partial charge in [0.1, 0.15) is 5.60 Å². The average molecular weight is 390 g/mol. The minimum atomic E-state index is -0.951. The summed E-state index contributed by atoms with van der Waals surface area (Å²) in [4.78, 5) is 4.53. The second-order valence-corrected chi connectivity index (χ2v) is 7.43. The monoisotopic (exact) mass is 389 g/mol. The molecular weight excluding hydrogens is 358 g/mol. The topological polar surface area (TPSA) is 65.9 Å². The molecule has 0 saturated heterocycles. The maximum Gasteiger partial charge on any atom is 0.191 e. The van der Waals surface area contributed by atoms with E-state index in [2.05, 4.69) is 27.8 Å². The maximum absolute atomic E-state index is 10.6. The van der Waals surface area contributed by atoms with Crippen molar-refractivity contribution in [1.82, 2.24) is 10.6 Å². The van der Waals surface area contributed by atoms with Gasteiger partial charge < -0.3 is 20.5 Å². The van der Waals surface area contributed by atoms with Crippen molar-refractivity contribution in [3.05, 3.63) is 58.3 Å². The van der Waals surface area contributed by atoms with E-state index < -0.39 is 5.60 Å². The standard InChI is InChI=1S/C21H31N3O2S/c1-3-22-20(24-17-21(2,25)19-11-14-27-16-19)23-12-7-8-13-26-15-18-9-5-4-6-10-18/h4-6,9-11,14,16,25H,3,7-8,12-13,15,17H2,1-2H3,(H2,22,23,24). The van der Waals surface area contributed by atoms with E-state index in [0.29, 0.717) is 13.2 Å². The molecule has 5 nitrogen and oxygen atoms in total. The third-order valence-corrected chi connectivity index (χ3v) is 4.84. The van der Waals surface area contributed by atoms with Gasteiger partial charge in [-0.25, -0.2) is 4.99 Å². The molecule has 1 aromatic carbocycles. The summed E-state index contributed by atoms with van der Waals surface area (Å²) in [5.74, 6) is 0.734. The fraction of sp³-hybridized carbons (Fsp3) is 0.476. The van der Waals surface area contributed by atoms with E-state index in [-0.39, 0.29) is 0 Å². The van der Waals surface area contributed by atoms with Gasteiger partial charge in [-0.05, 0) is 54.6 Å². The minimum Gasteiger partial charge on any atom is -0.383 e. The van der Waals surface area contributed by atoms with E-state index in [1.807, 2.05) is 41.9 Å². The van der Waals surface area contributed by atoms with Crippen molar-refractivity contribution in [2.24, 2.45) is 4.99 Å². The molecule has 0 fully saturated rings. The van der Waals surface area contributed by atoms with Crippen LogP contribution < -0.4 is 10.6 Å². The van der Waals surface area contributed by atoms with Gasteiger partial charge in [-0.3, -0.25) is 0 Å². The molecule has 0 radical (unpaired) electrons. The quantitative estimate of drug-likeness (QED) is 0.313. The Morgan fingerprint density at radius 2 is 2.00 bits per heavy atom. The number of rotatable bonds is 11. The molecule has 1 unspecified atom stereocenters. The van der Waals surface area contributed by atoms with E-state index in [1.54, 1.807) is 18.3 Å². The van der Waals surface area contributed by atoms with Gasteiger partial charge in [0, 0.05) is 19.7 Å². The lowest BCUT2D eigenvalue weighted by atomic mass is 10.00. The van der Waals surface area contributed by atoms with Crippen molar-refractivity contribution in [2.45, 2.75) is 38.9 Å². The number of thiophene rings is 1. The Balaban J connectivity index is 1.65. The molecule has 0 spiro atoms. The Morgan fingerprint density at radius 3 is 2.70 bits per heavy atom. The normalized spacial score (nSPS) is 14.0. The lowest BCUT2D eigenvalue weighted by molar-refractivity contribution is 0.0677. The first-order chi connectivity index (χ1) is 13.1.